The topological polar surface area (TPSA) is 69.6 Å². The van der Waals surface area contributed by atoms with Gasteiger partial charge >= 0.3 is 0 Å². The highest BCUT2D eigenvalue weighted by molar-refractivity contribution is 6.21. The summed E-state index contributed by atoms with van der Waals surface area (Å²) >= 11 is 6.26. The zero-order valence-electron chi connectivity index (χ0n) is 10.6. The molecule has 0 aromatic heterocycles. The van der Waals surface area contributed by atoms with Gasteiger partial charge in [0.05, 0.1) is 10.9 Å². The first kappa shape index (κ1) is 14.0. The Kier molecular flexibility index (Phi) is 4.53. The Morgan fingerprint density at radius 1 is 1.21 bits per heavy atom. The monoisotopic (exact) mass is 283 g/mol. The predicted octanol–water partition coefficient (Wildman–Crippen LogP) is 2.77. The molecule has 1 amide bonds. The Morgan fingerprint density at radius 2 is 1.95 bits per heavy atom. The van der Waals surface area contributed by atoms with Gasteiger partial charge in [-0.3, -0.25) is 4.79 Å². The molecule has 4 nitrogen and oxygen atoms in total. The number of para-hydroxylation sites is 1. The number of aromatic hydroxyl groups is 2. The minimum Gasteiger partial charge on any atom is -0.504 e. The van der Waals surface area contributed by atoms with Crippen LogP contribution in [0.5, 0.6) is 11.5 Å². The quantitative estimate of drug-likeness (QED) is 0.444. The molecular formula is C14H18ClNO3. The molecule has 1 aromatic rings. The molecule has 1 saturated carbocycles. The van der Waals surface area contributed by atoms with Crippen LogP contribution in [0, 0.1) is 0 Å². The predicted molar refractivity (Wildman–Crippen MR) is 73.8 cm³/mol. The van der Waals surface area contributed by atoms with Crippen molar-refractivity contribution in [3.63, 3.8) is 0 Å². The van der Waals surface area contributed by atoms with Crippen molar-refractivity contribution in [3.8, 4) is 11.5 Å². The van der Waals surface area contributed by atoms with Gasteiger partial charge in [-0.05, 0) is 25.0 Å². The lowest BCUT2D eigenvalue weighted by molar-refractivity contribution is 0.0930. The molecule has 0 bridgehead atoms. The summed E-state index contributed by atoms with van der Waals surface area (Å²) in [6.45, 7) is 0. The van der Waals surface area contributed by atoms with Gasteiger partial charge < -0.3 is 15.5 Å². The van der Waals surface area contributed by atoms with Crippen molar-refractivity contribution < 1.29 is 15.0 Å². The number of phenolic OH excluding ortho intramolecular Hbond substituents is 2. The molecule has 0 aliphatic heterocycles. The molecular weight excluding hydrogens is 266 g/mol. The first-order valence-electron chi connectivity index (χ1n) is 6.55. The van der Waals surface area contributed by atoms with Gasteiger partial charge in [-0.15, -0.1) is 11.6 Å². The number of nitrogens with one attached hydrogen (secondary N) is 1. The number of alkyl halides is 1. The maximum atomic E-state index is 12.1. The van der Waals surface area contributed by atoms with Crippen LogP contribution < -0.4 is 5.32 Å². The Hall–Kier alpha value is -1.42. The maximum Gasteiger partial charge on any atom is 0.255 e. The fourth-order valence-electron chi connectivity index (χ4n) is 2.39. The van der Waals surface area contributed by atoms with Gasteiger partial charge in [0.1, 0.15) is 0 Å². The fraction of sp³-hybridized carbons (Fsp3) is 0.500. The van der Waals surface area contributed by atoms with Crippen LogP contribution in [-0.4, -0.2) is 27.5 Å². The van der Waals surface area contributed by atoms with Crippen LogP contribution in [0.1, 0.15) is 42.5 Å². The highest BCUT2D eigenvalue weighted by Crippen LogP contribution is 2.29. The maximum absolute atomic E-state index is 12.1. The minimum atomic E-state index is -0.397. The molecule has 19 heavy (non-hydrogen) atoms. The van der Waals surface area contributed by atoms with Crippen molar-refractivity contribution in [1.82, 2.24) is 5.32 Å². The molecule has 0 radical (unpaired) electrons. The van der Waals surface area contributed by atoms with Crippen molar-refractivity contribution in [2.45, 2.75) is 43.5 Å². The molecule has 5 heteroatoms. The summed E-state index contributed by atoms with van der Waals surface area (Å²) in [4.78, 5) is 12.1. The normalized spacial score (nSPS) is 23.6. The van der Waals surface area contributed by atoms with E-state index in [0.29, 0.717) is 0 Å². The molecule has 2 rings (SSSR count). The Bertz CT molecular complexity index is 464. The first-order chi connectivity index (χ1) is 9.09. The molecule has 0 heterocycles. The second-order valence-electron chi connectivity index (χ2n) is 4.91. The van der Waals surface area contributed by atoms with Crippen LogP contribution in [0.15, 0.2) is 18.2 Å². The summed E-state index contributed by atoms with van der Waals surface area (Å²) < 4.78 is 0. The molecule has 104 valence electrons. The van der Waals surface area contributed by atoms with Gasteiger partial charge in [-0.25, -0.2) is 0 Å². The summed E-state index contributed by atoms with van der Waals surface area (Å²) in [6, 6.07) is 4.25. The fourth-order valence-corrected chi connectivity index (χ4v) is 2.73. The summed E-state index contributed by atoms with van der Waals surface area (Å²) in [5, 5.41) is 21.8. The number of phenols is 2. The van der Waals surface area contributed by atoms with E-state index in [4.69, 9.17) is 11.6 Å². The zero-order valence-corrected chi connectivity index (χ0v) is 11.4. The highest BCUT2D eigenvalue weighted by Gasteiger charge is 2.25. The number of hydrogen-bond acceptors (Lipinski definition) is 3. The van der Waals surface area contributed by atoms with Crippen molar-refractivity contribution >= 4 is 17.5 Å². The molecule has 3 N–H and O–H groups in total. The van der Waals surface area contributed by atoms with Crippen molar-refractivity contribution in [3.05, 3.63) is 23.8 Å². The van der Waals surface area contributed by atoms with E-state index in [-0.39, 0.29) is 28.5 Å². The lowest BCUT2D eigenvalue weighted by Crippen LogP contribution is -2.40. The number of rotatable bonds is 2. The molecule has 1 aliphatic carbocycles. The van der Waals surface area contributed by atoms with Crippen LogP contribution in [0.25, 0.3) is 0 Å². The van der Waals surface area contributed by atoms with E-state index in [1.54, 1.807) is 0 Å². The van der Waals surface area contributed by atoms with Crippen molar-refractivity contribution in [1.29, 1.82) is 0 Å². The molecule has 2 atom stereocenters. The number of carbonyl (C=O) groups is 1. The second kappa shape index (κ2) is 6.15. The van der Waals surface area contributed by atoms with Gasteiger partial charge in [-0.2, -0.15) is 0 Å². The second-order valence-corrected chi connectivity index (χ2v) is 5.47. The number of benzene rings is 1. The van der Waals surface area contributed by atoms with Crippen LogP contribution in [0.2, 0.25) is 0 Å². The van der Waals surface area contributed by atoms with Crippen LogP contribution in [0.3, 0.4) is 0 Å². The third-order valence-corrected chi connectivity index (χ3v) is 4.03. The molecule has 2 unspecified atom stereocenters. The Balaban J connectivity index is 2.09. The third-order valence-electron chi connectivity index (χ3n) is 3.51. The Morgan fingerprint density at radius 3 is 2.74 bits per heavy atom. The average molecular weight is 284 g/mol. The Labute approximate surface area is 117 Å². The van der Waals surface area contributed by atoms with Crippen LogP contribution in [0.4, 0.5) is 0 Å². The summed E-state index contributed by atoms with van der Waals surface area (Å²) in [6.07, 6.45) is 4.99. The number of halogens is 1. The summed E-state index contributed by atoms with van der Waals surface area (Å²) in [5.74, 6) is -1.08. The SMILES string of the molecule is O=C(NC1CCCCCC1Cl)c1cccc(O)c1O. The van der Waals surface area contributed by atoms with E-state index in [2.05, 4.69) is 5.32 Å². The van der Waals surface area contributed by atoms with Crippen LogP contribution in [-0.2, 0) is 0 Å². The van der Waals surface area contributed by atoms with E-state index < -0.39 is 5.91 Å². The lowest BCUT2D eigenvalue weighted by Gasteiger charge is -2.21. The molecule has 0 saturated heterocycles. The minimum absolute atomic E-state index is 0.0770. The van der Waals surface area contributed by atoms with Gasteiger partial charge in [0.2, 0.25) is 0 Å². The number of carbonyl (C=O) groups excluding carboxylic acids is 1. The molecule has 1 fully saturated rings. The molecule has 1 aromatic carbocycles. The van der Waals surface area contributed by atoms with Crippen LogP contribution >= 0.6 is 11.6 Å². The van der Waals surface area contributed by atoms with E-state index in [1.807, 2.05) is 0 Å². The summed E-state index contributed by atoms with van der Waals surface area (Å²) in [7, 11) is 0. The van der Waals surface area contributed by atoms with E-state index >= 15 is 0 Å². The number of hydrogen-bond donors (Lipinski definition) is 3. The van der Waals surface area contributed by atoms with Gasteiger partial charge in [0.15, 0.2) is 11.5 Å². The van der Waals surface area contributed by atoms with Crippen molar-refractivity contribution in [2.75, 3.05) is 0 Å². The van der Waals surface area contributed by atoms with Crippen molar-refractivity contribution in [2.24, 2.45) is 0 Å². The molecule has 0 spiro atoms. The zero-order chi connectivity index (χ0) is 13.8. The largest absolute Gasteiger partial charge is 0.504 e. The standard InChI is InChI=1S/C14H18ClNO3/c15-10-6-2-1-3-7-11(10)16-14(19)9-5-4-8-12(17)13(9)18/h4-5,8,10-11,17-18H,1-3,6-7H2,(H,16,19). The van der Waals surface area contributed by atoms with E-state index in [9.17, 15) is 15.0 Å². The lowest BCUT2D eigenvalue weighted by atomic mass is 10.1. The average Bonchev–Trinajstić information content (AvgIpc) is 2.58. The van der Waals surface area contributed by atoms with Gasteiger partial charge in [0, 0.05) is 6.04 Å². The summed E-state index contributed by atoms with van der Waals surface area (Å²) in [5.41, 5.74) is 0.0770. The third kappa shape index (κ3) is 3.32. The highest BCUT2D eigenvalue weighted by atomic mass is 35.5. The van der Waals surface area contributed by atoms with Gasteiger partial charge in [0.25, 0.3) is 5.91 Å². The number of amides is 1. The molecule has 1 aliphatic rings. The van der Waals surface area contributed by atoms with E-state index in [0.717, 1.165) is 32.1 Å². The first-order valence-corrected chi connectivity index (χ1v) is 6.99. The smallest absolute Gasteiger partial charge is 0.255 e. The van der Waals surface area contributed by atoms with Gasteiger partial charge in [-0.1, -0.05) is 25.3 Å². The van der Waals surface area contributed by atoms with E-state index in [1.165, 1.54) is 18.2 Å².